The van der Waals surface area contributed by atoms with E-state index >= 15 is 0 Å². The van der Waals surface area contributed by atoms with Crippen LogP contribution in [0.25, 0.3) is 0 Å². The molecule has 2 aromatic rings. The molecule has 1 aliphatic heterocycles. The Bertz CT molecular complexity index is 820. The highest BCUT2D eigenvalue weighted by Gasteiger charge is 2.24. The minimum atomic E-state index is -0.0208. The Morgan fingerprint density at radius 3 is 2.03 bits per heavy atom. The second-order valence-electron chi connectivity index (χ2n) is 9.52. The van der Waals surface area contributed by atoms with Gasteiger partial charge in [0.2, 0.25) is 0 Å². The predicted octanol–water partition coefficient (Wildman–Crippen LogP) is 5.33. The number of hydrogen-bond acceptors (Lipinski definition) is 3. The molecule has 0 spiro atoms. The number of halogens is 1. The number of benzene rings is 2. The molecule has 1 aliphatic rings. The van der Waals surface area contributed by atoms with Gasteiger partial charge in [-0.2, -0.15) is 0 Å². The number of nitrogens with zero attached hydrogens (tertiary/aromatic N) is 1. The largest absolute Gasteiger partial charge is 0.379 e. The normalized spacial score (nSPS) is 15.9. The molecule has 0 aromatic heterocycles. The second kappa shape index (κ2) is 11.1. The van der Waals surface area contributed by atoms with Crippen LogP contribution in [0.15, 0.2) is 48.5 Å². The molecule has 1 heterocycles. The lowest BCUT2D eigenvalue weighted by Crippen LogP contribution is -2.43. The fourth-order valence-electron chi connectivity index (χ4n) is 3.86. The Hall–Kier alpha value is -1.88. The third-order valence-corrected chi connectivity index (χ3v) is 5.94. The summed E-state index contributed by atoms with van der Waals surface area (Å²) in [6.07, 6.45) is 0. The van der Waals surface area contributed by atoms with E-state index in [-0.39, 0.29) is 29.8 Å². The minimum Gasteiger partial charge on any atom is -0.379 e. The van der Waals surface area contributed by atoms with Crippen LogP contribution in [0.3, 0.4) is 0 Å². The first-order chi connectivity index (χ1) is 14.3. The minimum absolute atomic E-state index is 0. The zero-order valence-corrected chi connectivity index (χ0v) is 20.3. The van der Waals surface area contributed by atoms with E-state index in [4.69, 9.17) is 4.74 Å². The fraction of sp³-hybridized carbons (Fsp3) is 0.500. The van der Waals surface area contributed by atoms with E-state index in [1.807, 2.05) is 12.1 Å². The summed E-state index contributed by atoms with van der Waals surface area (Å²) in [4.78, 5) is 15.2. The number of rotatable bonds is 6. The van der Waals surface area contributed by atoms with Crippen molar-refractivity contribution in [2.45, 2.75) is 52.0 Å². The first-order valence-electron chi connectivity index (χ1n) is 11.1. The van der Waals surface area contributed by atoms with Gasteiger partial charge in [0.05, 0.1) is 19.3 Å². The summed E-state index contributed by atoms with van der Waals surface area (Å²) in [5.74, 6) is 0.490. The molecular formula is C26H37ClN2O2. The van der Waals surface area contributed by atoms with Gasteiger partial charge in [0.1, 0.15) is 0 Å². The first-order valence-corrected chi connectivity index (χ1v) is 11.1. The molecule has 1 unspecified atom stereocenters. The van der Waals surface area contributed by atoms with Gasteiger partial charge in [-0.05, 0) is 40.2 Å². The van der Waals surface area contributed by atoms with E-state index in [0.717, 1.165) is 26.3 Å². The van der Waals surface area contributed by atoms with Crippen molar-refractivity contribution >= 4 is 18.3 Å². The summed E-state index contributed by atoms with van der Waals surface area (Å²) in [5, 5.41) is 3.17. The van der Waals surface area contributed by atoms with Gasteiger partial charge in [-0.25, -0.2) is 0 Å². The topological polar surface area (TPSA) is 41.6 Å². The lowest BCUT2D eigenvalue weighted by molar-refractivity contribution is 0.0162. The highest BCUT2D eigenvalue weighted by Crippen LogP contribution is 2.25. The van der Waals surface area contributed by atoms with Gasteiger partial charge < -0.3 is 10.1 Å². The molecule has 0 saturated carbocycles. The van der Waals surface area contributed by atoms with E-state index in [2.05, 4.69) is 81.2 Å². The van der Waals surface area contributed by atoms with Crippen LogP contribution in [0.5, 0.6) is 0 Å². The van der Waals surface area contributed by atoms with E-state index in [9.17, 15) is 4.79 Å². The number of hydrogen-bond donors (Lipinski definition) is 1. The number of ether oxygens (including phenoxy) is 1. The molecule has 1 saturated heterocycles. The predicted molar refractivity (Wildman–Crippen MR) is 130 cm³/mol. The van der Waals surface area contributed by atoms with Crippen LogP contribution >= 0.6 is 12.4 Å². The molecule has 4 nitrogen and oxygen atoms in total. The molecule has 2 aromatic carbocycles. The van der Waals surface area contributed by atoms with Crippen LogP contribution in [-0.2, 0) is 10.2 Å². The van der Waals surface area contributed by atoms with Crippen LogP contribution in [0.4, 0.5) is 0 Å². The van der Waals surface area contributed by atoms with E-state index < -0.39 is 0 Å². The van der Waals surface area contributed by atoms with Crippen molar-refractivity contribution < 1.29 is 9.53 Å². The Labute approximate surface area is 193 Å². The summed E-state index contributed by atoms with van der Waals surface area (Å²) in [7, 11) is 0. The van der Waals surface area contributed by atoms with Crippen molar-refractivity contribution in [3.05, 3.63) is 70.8 Å². The van der Waals surface area contributed by atoms with Crippen molar-refractivity contribution in [3.63, 3.8) is 0 Å². The Kier molecular flexibility index (Phi) is 9.11. The molecule has 1 atom stereocenters. The molecule has 5 heteroatoms. The van der Waals surface area contributed by atoms with Gasteiger partial charge >= 0.3 is 0 Å². The van der Waals surface area contributed by atoms with Gasteiger partial charge in [0.25, 0.3) is 5.91 Å². The second-order valence-corrected chi connectivity index (χ2v) is 9.52. The zero-order valence-electron chi connectivity index (χ0n) is 19.5. The van der Waals surface area contributed by atoms with Crippen LogP contribution in [-0.4, -0.2) is 43.7 Å². The SMILES string of the molecule is CC(C)c1ccc(C(CNC(=O)c2ccc(C(C)(C)C)cc2)N2CCOCC2)cc1.Cl. The Morgan fingerprint density at radius 1 is 0.968 bits per heavy atom. The van der Waals surface area contributed by atoms with Crippen molar-refractivity contribution in [3.8, 4) is 0 Å². The Morgan fingerprint density at radius 2 is 1.52 bits per heavy atom. The molecule has 1 amide bonds. The molecule has 0 aliphatic carbocycles. The summed E-state index contributed by atoms with van der Waals surface area (Å²) in [5.41, 5.74) is 4.60. The lowest BCUT2D eigenvalue weighted by Gasteiger charge is -2.35. The maximum absolute atomic E-state index is 12.8. The number of nitrogens with one attached hydrogen (secondary N) is 1. The average Bonchev–Trinajstić information content (AvgIpc) is 2.74. The van der Waals surface area contributed by atoms with Gasteiger partial charge in [0.15, 0.2) is 0 Å². The maximum atomic E-state index is 12.8. The zero-order chi connectivity index (χ0) is 21.7. The fourth-order valence-corrected chi connectivity index (χ4v) is 3.86. The number of carbonyl (C=O) groups excluding carboxylic acids is 1. The first kappa shape index (κ1) is 25.4. The Balaban J connectivity index is 0.00000341. The third-order valence-electron chi connectivity index (χ3n) is 5.94. The molecule has 1 fully saturated rings. The van der Waals surface area contributed by atoms with Gasteiger partial charge in [-0.15, -0.1) is 12.4 Å². The highest BCUT2D eigenvalue weighted by atomic mass is 35.5. The molecule has 31 heavy (non-hydrogen) atoms. The van der Waals surface area contributed by atoms with Crippen LogP contribution < -0.4 is 5.32 Å². The van der Waals surface area contributed by atoms with Crippen molar-refractivity contribution in [2.75, 3.05) is 32.8 Å². The van der Waals surface area contributed by atoms with Gasteiger partial charge in [0, 0.05) is 25.2 Å². The summed E-state index contributed by atoms with van der Waals surface area (Å²) in [6, 6.07) is 16.9. The van der Waals surface area contributed by atoms with E-state index in [1.165, 1.54) is 16.7 Å². The van der Waals surface area contributed by atoms with Crippen LogP contribution in [0, 0.1) is 0 Å². The highest BCUT2D eigenvalue weighted by molar-refractivity contribution is 5.94. The van der Waals surface area contributed by atoms with Crippen molar-refractivity contribution in [1.82, 2.24) is 10.2 Å². The molecule has 0 bridgehead atoms. The number of morpholine rings is 1. The average molecular weight is 445 g/mol. The molecule has 0 radical (unpaired) electrons. The maximum Gasteiger partial charge on any atom is 0.251 e. The van der Waals surface area contributed by atoms with Crippen molar-refractivity contribution in [1.29, 1.82) is 0 Å². The number of carbonyl (C=O) groups is 1. The number of amides is 1. The third kappa shape index (κ3) is 6.80. The quantitative estimate of drug-likeness (QED) is 0.654. The molecule has 3 rings (SSSR count). The monoisotopic (exact) mass is 444 g/mol. The summed E-state index contributed by atoms with van der Waals surface area (Å²) in [6.45, 7) is 14.8. The van der Waals surface area contributed by atoms with Crippen LogP contribution in [0.1, 0.15) is 73.6 Å². The van der Waals surface area contributed by atoms with E-state index in [1.54, 1.807) is 0 Å². The summed E-state index contributed by atoms with van der Waals surface area (Å²) >= 11 is 0. The van der Waals surface area contributed by atoms with E-state index in [0.29, 0.717) is 18.0 Å². The standard InChI is InChI=1S/C26H36N2O2.ClH/c1-19(2)20-6-8-21(9-7-20)24(28-14-16-30-17-15-28)18-27-25(29)22-10-12-23(13-11-22)26(3,4)5;/h6-13,19,24H,14-18H2,1-5H3,(H,27,29);1H. The van der Waals surface area contributed by atoms with Crippen molar-refractivity contribution in [2.24, 2.45) is 0 Å². The van der Waals surface area contributed by atoms with Gasteiger partial charge in [-0.3, -0.25) is 9.69 Å². The molecular weight excluding hydrogens is 408 g/mol. The van der Waals surface area contributed by atoms with Gasteiger partial charge in [-0.1, -0.05) is 71.0 Å². The van der Waals surface area contributed by atoms with Crippen LogP contribution in [0.2, 0.25) is 0 Å². The molecule has 170 valence electrons. The lowest BCUT2D eigenvalue weighted by atomic mass is 9.86. The smallest absolute Gasteiger partial charge is 0.251 e. The summed E-state index contributed by atoms with van der Waals surface area (Å²) < 4.78 is 5.54. The molecule has 1 N–H and O–H groups in total.